The number of fused-ring (bicyclic) bond motifs is 2. The molecule has 1 aliphatic carbocycles. The van der Waals surface area contributed by atoms with Gasteiger partial charge in [0.2, 0.25) is 0 Å². The second-order valence-electron chi connectivity index (χ2n) is 19.4. The number of rotatable bonds is 12. The summed E-state index contributed by atoms with van der Waals surface area (Å²) in [5.74, 6) is -0.325. The molecule has 5 heterocycles. The van der Waals surface area contributed by atoms with Crippen molar-refractivity contribution < 1.29 is 45.8 Å². The van der Waals surface area contributed by atoms with Crippen LogP contribution in [-0.4, -0.2) is 110 Å². The van der Waals surface area contributed by atoms with Crippen molar-refractivity contribution in [3.8, 4) is 0 Å². The maximum atomic E-state index is 13.6. The minimum Gasteiger partial charge on any atom is -0.450 e. The van der Waals surface area contributed by atoms with Crippen LogP contribution in [-0.2, 0) is 35.0 Å². The molecule has 4 aromatic carbocycles. The van der Waals surface area contributed by atoms with Crippen molar-refractivity contribution in [2.75, 3.05) is 51.8 Å². The van der Waals surface area contributed by atoms with Crippen molar-refractivity contribution in [3.63, 3.8) is 0 Å². The number of amidine groups is 1. The minimum atomic E-state index is -4.53. The zero-order valence-corrected chi connectivity index (χ0v) is 45.9. The number of hydrogen-bond acceptors (Lipinski definition) is 11. The fraction of sp³-hybridized carbons (Fsp3) is 0.345. The number of nitrogens with zero attached hydrogens (tertiary/aromatic N) is 9. The zero-order chi connectivity index (χ0) is 55.7. The van der Waals surface area contributed by atoms with E-state index < -0.39 is 23.5 Å². The Morgan fingerprint density at radius 3 is 1.88 bits per heavy atom. The molecule has 0 atom stereocenters. The van der Waals surface area contributed by atoms with Gasteiger partial charge in [-0.05, 0) is 134 Å². The number of hydrogen-bond donors (Lipinski definition) is 1. The topological polar surface area (TPSA) is 134 Å². The average molecular weight is 1150 g/mol. The normalized spacial score (nSPS) is 16.8. The van der Waals surface area contributed by atoms with Crippen molar-refractivity contribution >= 4 is 109 Å². The molecule has 1 saturated carbocycles. The maximum absolute atomic E-state index is 13.6. The van der Waals surface area contributed by atoms with Gasteiger partial charge in [0, 0.05) is 66.0 Å². The van der Waals surface area contributed by atoms with Gasteiger partial charge in [0.15, 0.2) is 10.3 Å². The van der Waals surface area contributed by atoms with Crippen LogP contribution in [0.3, 0.4) is 0 Å². The molecule has 7 aromatic rings. The lowest BCUT2D eigenvalue weighted by Crippen LogP contribution is -2.45. The second-order valence-corrected chi connectivity index (χ2v) is 22.3. The predicted molar refractivity (Wildman–Crippen MR) is 295 cm³/mol. The highest BCUT2D eigenvalue weighted by molar-refractivity contribution is 8.18. The van der Waals surface area contributed by atoms with Crippen molar-refractivity contribution in [1.82, 2.24) is 34.3 Å². The monoisotopic (exact) mass is 1150 g/mol. The van der Waals surface area contributed by atoms with Crippen molar-refractivity contribution in [3.05, 3.63) is 143 Å². The first kappa shape index (κ1) is 56.3. The van der Waals surface area contributed by atoms with E-state index in [-0.39, 0.29) is 64.3 Å². The molecule has 3 aromatic heterocycles. The second kappa shape index (κ2) is 23.1. The van der Waals surface area contributed by atoms with Gasteiger partial charge in [-0.15, -0.1) is 0 Å². The first-order chi connectivity index (χ1) is 37.1. The Bertz CT molecular complexity index is 3590. The molecule has 23 heteroatoms. The van der Waals surface area contributed by atoms with E-state index in [9.17, 15) is 41.0 Å². The van der Waals surface area contributed by atoms with Crippen LogP contribution in [0, 0.1) is 5.41 Å². The Morgan fingerprint density at radius 2 is 1.38 bits per heavy atom. The number of carbonyl (C=O) groups excluding carboxylic acids is 2. The quantitative estimate of drug-likeness (QED) is 0.0931. The third-order valence-corrected chi connectivity index (χ3v) is 16.6. The average Bonchev–Trinajstić information content (AvgIpc) is 3.75. The van der Waals surface area contributed by atoms with Gasteiger partial charge in [-0.3, -0.25) is 14.2 Å². The molecule has 2 aliphatic heterocycles. The number of thioether (sulfide) groups is 1. The molecule has 2 fully saturated rings. The van der Waals surface area contributed by atoms with Gasteiger partial charge in [-0.1, -0.05) is 64.9 Å². The molecule has 3 aliphatic rings. The summed E-state index contributed by atoms with van der Waals surface area (Å²) in [5, 5.41) is 22.2. The van der Waals surface area contributed by atoms with Crippen LogP contribution in [0.1, 0.15) is 72.9 Å². The van der Waals surface area contributed by atoms with Gasteiger partial charge in [-0.2, -0.15) is 41.5 Å². The summed E-state index contributed by atoms with van der Waals surface area (Å²) >= 11 is 14.5. The number of aliphatic imine (C=N–C) groups is 1. The van der Waals surface area contributed by atoms with E-state index in [1.807, 2.05) is 63.2 Å². The Hall–Kier alpha value is -6.39. The predicted octanol–water partition coefficient (Wildman–Crippen LogP) is 11.3. The minimum absolute atomic E-state index is 0.0205. The highest BCUT2D eigenvalue weighted by Crippen LogP contribution is 2.46. The molecule has 0 unspecified atom stereocenters. The number of ether oxygens (including phenoxy) is 1. The lowest BCUT2D eigenvalue weighted by atomic mass is 10.0. The van der Waals surface area contributed by atoms with Crippen LogP contribution in [0.5, 0.6) is 0 Å². The Labute approximate surface area is 463 Å². The third kappa shape index (κ3) is 12.9. The van der Waals surface area contributed by atoms with E-state index >= 15 is 0 Å². The van der Waals surface area contributed by atoms with Gasteiger partial charge in [-0.25, -0.2) is 9.78 Å². The molecule has 1 saturated heterocycles. The molecular formula is C55H53Cl2F6N9O4S2. The SMILES string of the molecule is C/C=c1/nc(N(C)C2CCN(C(=O)OCC)CC2)s/c1=C\c1ccc2c(cnn2Cc2ccc(Cl)cc2C(F)(F)F)c1.CN(CC1(CO)CC1)C1=NC(=O)/C(=C/c2ccc3c(cnn3Cc3ccc(Cl)cc3C(F)(F)F)c2)S1. The van der Waals surface area contributed by atoms with E-state index in [1.165, 1.54) is 40.7 Å². The molecular weight excluding hydrogens is 1100 g/mol. The van der Waals surface area contributed by atoms with Gasteiger partial charge < -0.3 is 24.5 Å². The van der Waals surface area contributed by atoms with E-state index in [1.54, 1.807) is 51.5 Å². The van der Waals surface area contributed by atoms with Crippen LogP contribution >= 0.6 is 46.3 Å². The lowest BCUT2D eigenvalue weighted by molar-refractivity contribution is -0.139. The molecule has 0 radical (unpaired) electrons. The van der Waals surface area contributed by atoms with Crippen LogP contribution in [0.15, 0.2) is 95.1 Å². The first-order valence-electron chi connectivity index (χ1n) is 24.9. The summed E-state index contributed by atoms with van der Waals surface area (Å²) in [4.78, 5) is 39.9. The smallest absolute Gasteiger partial charge is 0.416 e. The number of thiazole rings is 1. The zero-order valence-electron chi connectivity index (χ0n) is 42.7. The summed E-state index contributed by atoms with van der Waals surface area (Å²) in [6.45, 7) is 6.09. The Kier molecular flexibility index (Phi) is 16.7. The summed E-state index contributed by atoms with van der Waals surface area (Å²) < 4.78 is 90.4. The number of anilines is 1. The molecule has 13 nitrogen and oxygen atoms in total. The van der Waals surface area contributed by atoms with Crippen molar-refractivity contribution in [2.45, 2.75) is 71.0 Å². The number of carbonyl (C=O) groups is 2. The number of piperidine rings is 1. The largest absolute Gasteiger partial charge is 0.450 e. The molecule has 78 heavy (non-hydrogen) atoms. The van der Waals surface area contributed by atoms with E-state index in [0.29, 0.717) is 41.8 Å². The van der Waals surface area contributed by atoms with Gasteiger partial charge in [0.1, 0.15) is 0 Å². The Morgan fingerprint density at radius 1 is 0.833 bits per heavy atom. The number of aliphatic hydroxyl groups excluding tert-OH is 1. The summed E-state index contributed by atoms with van der Waals surface area (Å²) in [5.41, 5.74) is 1.62. The van der Waals surface area contributed by atoms with E-state index in [2.05, 4.69) is 26.2 Å². The van der Waals surface area contributed by atoms with Crippen LogP contribution < -0.4 is 14.8 Å². The standard InChI is InChI=1S/C30H31ClF3N5O2S.C25H22ClF3N4O2S/c1-4-25-27(42-28(36-25)37(3)23-10-12-38(13-11-23)29(40)41-5-2)15-19-6-9-26-21(14-19)17-35-39(26)18-20-7-8-22(31)16-24(20)30(32,33)34;1-32(13-24(14-34)6-7-24)23-31-22(35)21(36-23)9-15-2-5-20-17(8-15)11-30-33(20)12-16-3-4-18(26)10-19(16)25(27,28)29/h4,6-9,14-17,23H,5,10-13,18H2,1-3H3;2-5,8-11,34H,6-7,12-14H2,1H3/b25-4+,27-15-;21-9-. The number of amides is 2. The van der Waals surface area contributed by atoms with Gasteiger partial charge in [0.05, 0.1) is 75.6 Å². The van der Waals surface area contributed by atoms with E-state index in [0.717, 1.165) is 80.2 Å². The lowest BCUT2D eigenvalue weighted by Gasteiger charge is -2.36. The summed E-state index contributed by atoms with van der Waals surface area (Å²) in [6.07, 6.45) is 3.33. The number of alkyl halides is 6. The molecule has 2 amide bonds. The molecule has 0 spiro atoms. The van der Waals surface area contributed by atoms with Crippen molar-refractivity contribution in [1.29, 1.82) is 0 Å². The number of benzene rings is 4. The van der Waals surface area contributed by atoms with Gasteiger partial charge >= 0.3 is 18.4 Å². The highest BCUT2D eigenvalue weighted by atomic mass is 35.5. The van der Waals surface area contributed by atoms with Gasteiger partial charge in [0.25, 0.3) is 5.91 Å². The van der Waals surface area contributed by atoms with Crippen LogP contribution in [0.25, 0.3) is 40.0 Å². The van der Waals surface area contributed by atoms with Crippen LogP contribution in [0.4, 0.5) is 36.3 Å². The summed E-state index contributed by atoms with van der Waals surface area (Å²) in [7, 11) is 3.90. The fourth-order valence-electron chi connectivity index (χ4n) is 9.44. The molecule has 1 N–H and O–H groups in total. The number of aromatic nitrogens is 5. The van der Waals surface area contributed by atoms with Crippen LogP contribution in [0.2, 0.25) is 10.0 Å². The third-order valence-electron chi connectivity index (χ3n) is 13.9. The van der Waals surface area contributed by atoms with Crippen molar-refractivity contribution in [2.24, 2.45) is 10.4 Å². The van der Waals surface area contributed by atoms with E-state index in [4.69, 9.17) is 32.9 Å². The maximum Gasteiger partial charge on any atom is 0.416 e. The molecule has 10 rings (SSSR count). The summed E-state index contributed by atoms with van der Waals surface area (Å²) in [6, 6.07) is 19.0. The number of halogens is 8. The fourth-order valence-corrected chi connectivity index (χ4v) is 11.8. The first-order valence-corrected chi connectivity index (χ1v) is 27.3. The molecule has 410 valence electrons. The Balaban J connectivity index is 0.000000192. The number of aliphatic hydroxyl groups is 1. The molecule has 0 bridgehead atoms. The number of likely N-dealkylation sites (tertiary alicyclic amines) is 1. The highest BCUT2D eigenvalue weighted by Gasteiger charge is 2.44.